The zero-order valence-corrected chi connectivity index (χ0v) is 30.1. The highest BCUT2D eigenvalue weighted by molar-refractivity contribution is 5.46. The predicted molar refractivity (Wildman–Crippen MR) is 191 cm³/mol. The average Bonchev–Trinajstić information content (AvgIpc) is 3.24. The Labute approximate surface area is 289 Å². The van der Waals surface area contributed by atoms with Crippen LogP contribution >= 0.6 is 0 Å². The second-order valence-corrected chi connectivity index (χ2v) is 17.1. The van der Waals surface area contributed by atoms with Crippen molar-refractivity contribution in [1.29, 1.82) is 0 Å². The Morgan fingerprint density at radius 1 is 0.625 bits per heavy atom. The summed E-state index contributed by atoms with van der Waals surface area (Å²) in [4.78, 5) is 0. The minimum atomic E-state index is 0.172. The van der Waals surface area contributed by atoms with E-state index < -0.39 is 0 Å². The first-order valence-electron chi connectivity index (χ1n) is 19.3. The molecule has 2 aliphatic carbocycles. The third-order valence-corrected chi connectivity index (χ3v) is 14.6. The van der Waals surface area contributed by atoms with Crippen LogP contribution in [0, 0.1) is 11.8 Å². The molecule has 4 aliphatic heterocycles. The number of piperidine rings is 3. The van der Waals surface area contributed by atoms with Crippen molar-refractivity contribution in [2.75, 3.05) is 40.6 Å². The molecule has 2 aromatic rings. The van der Waals surface area contributed by atoms with Crippen LogP contribution in [0.3, 0.4) is 0 Å². The van der Waals surface area contributed by atoms with Gasteiger partial charge in [0.1, 0.15) is 11.5 Å². The van der Waals surface area contributed by atoms with Crippen molar-refractivity contribution >= 4 is 0 Å². The third-order valence-electron chi connectivity index (χ3n) is 14.6. The van der Waals surface area contributed by atoms with Gasteiger partial charge in [0.2, 0.25) is 0 Å². The van der Waals surface area contributed by atoms with Crippen molar-refractivity contribution in [3.8, 4) is 11.5 Å². The van der Waals surface area contributed by atoms with Gasteiger partial charge in [0.05, 0.1) is 27.4 Å². The lowest BCUT2D eigenvalue weighted by Crippen LogP contribution is -2.69. The highest BCUT2D eigenvalue weighted by Gasteiger charge is 2.55. The fourth-order valence-electron chi connectivity index (χ4n) is 11.8. The van der Waals surface area contributed by atoms with Crippen LogP contribution in [0.5, 0.6) is 11.5 Å². The van der Waals surface area contributed by atoms with Gasteiger partial charge in [0.15, 0.2) is 0 Å². The van der Waals surface area contributed by atoms with E-state index >= 15 is 0 Å². The van der Waals surface area contributed by atoms with Crippen LogP contribution in [0.4, 0.5) is 0 Å². The summed E-state index contributed by atoms with van der Waals surface area (Å²) in [5.74, 6) is 3.46. The molecule has 0 radical (unpaired) electrons. The van der Waals surface area contributed by atoms with Gasteiger partial charge in [-0.3, -0.25) is 0 Å². The number of hydrogen-bond acceptors (Lipinski definition) is 6. The molecule has 4 heterocycles. The number of fused-ring (bicyclic) bond motifs is 6. The van der Waals surface area contributed by atoms with Crippen LogP contribution in [0.25, 0.3) is 0 Å². The molecule has 2 N–H and O–H groups in total. The largest absolute Gasteiger partial charge is 0.497 e. The van der Waals surface area contributed by atoms with Crippen molar-refractivity contribution in [2.24, 2.45) is 11.8 Å². The van der Waals surface area contributed by atoms with Crippen molar-refractivity contribution in [3.63, 3.8) is 0 Å². The van der Waals surface area contributed by atoms with Gasteiger partial charge in [0.25, 0.3) is 0 Å². The van der Waals surface area contributed by atoms with E-state index in [9.17, 15) is 0 Å². The SMILES string of the molecule is COc1ccc2c(c1)[C@@]1(C)CCC3(CCCOCCOCCC45CCC[C@]6(C)c7cc(OC)ccc7C[C@H](CC4)[C@@H]6N5)CCC(C2)[C@@H]1N3. The van der Waals surface area contributed by atoms with Crippen LogP contribution in [-0.4, -0.2) is 63.8 Å². The molecule has 4 bridgehead atoms. The predicted octanol–water partition coefficient (Wildman–Crippen LogP) is 7.43. The summed E-state index contributed by atoms with van der Waals surface area (Å²) < 4.78 is 23.6. The number of benzene rings is 2. The first kappa shape index (κ1) is 33.0. The maximum Gasteiger partial charge on any atom is 0.119 e. The van der Waals surface area contributed by atoms with Crippen molar-refractivity contribution in [1.82, 2.24) is 10.6 Å². The fraction of sp³-hybridized carbons (Fsp3) is 0.714. The maximum atomic E-state index is 6.23. The zero-order chi connectivity index (χ0) is 33.0. The summed E-state index contributed by atoms with van der Waals surface area (Å²) in [6, 6.07) is 14.7. The molecule has 48 heavy (non-hydrogen) atoms. The Bertz CT molecular complexity index is 1480. The standard InChI is InChI=1S/C42H60N2O4/c1-39-13-5-14-42(17-12-31(37(39)44-42)25-29-7-9-33(45-3)27-35(29)39)20-22-48-24-23-47-21-6-15-41-16-11-32-26-30-8-10-34(46-4)28-36(30)40(2,18-19-41)38(32)43-41/h7-10,27-28,31-32,37-38,43-44H,5-6,11-26H2,1-4H3/t31-,32?,37-,38-,39+,40+,41?,42?/m0/s1. The summed E-state index contributed by atoms with van der Waals surface area (Å²) in [6.07, 6.45) is 17.3. The number of rotatable bonds is 12. The van der Waals surface area contributed by atoms with E-state index in [0.29, 0.717) is 25.3 Å². The van der Waals surface area contributed by atoms with Gasteiger partial charge in [-0.1, -0.05) is 32.4 Å². The summed E-state index contributed by atoms with van der Waals surface area (Å²) in [5, 5.41) is 8.53. The van der Waals surface area contributed by atoms with E-state index in [-0.39, 0.29) is 21.9 Å². The van der Waals surface area contributed by atoms with E-state index in [1.165, 1.54) is 88.2 Å². The average molecular weight is 657 g/mol. The van der Waals surface area contributed by atoms with Crippen molar-refractivity contribution < 1.29 is 18.9 Å². The smallest absolute Gasteiger partial charge is 0.119 e. The van der Waals surface area contributed by atoms with E-state index in [1.807, 2.05) is 0 Å². The normalized spacial score (nSPS) is 37.6. The molecule has 3 unspecified atom stereocenters. The second kappa shape index (κ2) is 12.9. The lowest BCUT2D eigenvalue weighted by Gasteiger charge is -2.60. The molecule has 262 valence electrons. The molecule has 6 heteroatoms. The molecule has 0 aromatic heterocycles. The molecule has 6 aliphatic rings. The van der Waals surface area contributed by atoms with E-state index in [2.05, 4.69) is 60.9 Å². The highest BCUT2D eigenvalue weighted by atomic mass is 16.5. The van der Waals surface area contributed by atoms with Gasteiger partial charge in [-0.2, -0.15) is 0 Å². The quantitative estimate of drug-likeness (QED) is 0.232. The molecule has 8 atom stereocenters. The zero-order valence-electron chi connectivity index (χ0n) is 30.1. The first-order chi connectivity index (χ1) is 23.3. The summed E-state index contributed by atoms with van der Waals surface area (Å²) in [7, 11) is 3.58. The lowest BCUT2D eigenvalue weighted by molar-refractivity contribution is 0.00864. The Kier molecular flexibility index (Phi) is 8.87. The number of methoxy groups -OCH3 is 2. The Morgan fingerprint density at radius 2 is 1.19 bits per heavy atom. The lowest BCUT2D eigenvalue weighted by atomic mass is 9.53. The molecule has 0 saturated carbocycles. The van der Waals surface area contributed by atoms with Gasteiger partial charge in [-0.15, -0.1) is 0 Å². The molecular weight excluding hydrogens is 596 g/mol. The van der Waals surface area contributed by atoms with Gasteiger partial charge >= 0.3 is 0 Å². The van der Waals surface area contributed by atoms with Crippen LogP contribution in [0.2, 0.25) is 0 Å². The molecule has 4 saturated heterocycles. The molecule has 0 amide bonds. The van der Waals surface area contributed by atoms with E-state index in [4.69, 9.17) is 18.9 Å². The molecule has 8 rings (SSSR count). The maximum absolute atomic E-state index is 6.23. The molecule has 4 fully saturated rings. The van der Waals surface area contributed by atoms with Crippen LogP contribution in [0.15, 0.2) is 36.4 Å². The number of ether oxygens (including phenoxy) is 4. The third kappa shape index (κ3) is 5.71. The fourth-order valence-corrected chi connectivity index (χ4v) is 11.8. The monoisotopic (exact) mass is 656 g/mol. The molecular formula is C42H60N2O4. The van der Waals surface area contributed by atoms with E-state index in [1.54, 1.807) is 25.3 Å². The van der Waals surface area contributed by atoms with Gasteiger partial charge in [-0.05, 0) is 142 Å². The highest BCUT2D eigenvalue weighted by Crippen LogP contribution is 2.54. The summed E-state index contributed by atoms with van der Waals surface area (Å²) in [5.41, 5.74) is 7.00. The van der Waals surface area contributed by atoms with Gasteiger partial charge in [-0.25, -0.2) is 0 Å². The van der Waals surface area contributed by atoms with Crippen molar-refractivity contribution in [2.45, 2.75) is 138 Å². The number of nitrogens with one attached hydrogen (secondary N) is 2. The van der Waals surface area contributed by atoms with Crippen molar-refractivity contribution in [3.05, 3.63) is 58.7 Å². The van der Waals surface area contributed by atoms with Crippen LogP contribution in [-0.2, 0) is 33.1 Å². The van der Waals surface area contributed by atoms with Gasteiger partial charge < -0.3 is 29.6 Å². The molecule has 2 aromatic carbocycles. The Balaban J connectivity index is 0.776. The van der Waals surface area contributed by atoms with Gasteiger partial charge in [0, 0.05) is 47.2 Å². The molecule has 0 spiro atoms. The minimum Gasteiger partial charge on any atom is -0.497 e. The topological polar surface area (TPSA) is 61.0 Å². The van der Waals surface area contributed by atoms with Crippen LogP contribution in [0.1, 0.15) is 113 Å². The summed E-state index contributed by atoms with van der Waals surface area (Å²) in [6.45, 7) is 8.07. The minimum absolute atomic E-state index is 0.172. The first-order valence-corrected chi connectivity index (χ1v) is 19.3. The summed E-state index contributed by atoms with van der Waals surface area (Å²) >= 11 is 0. The Morgan fingerprint density at radius 3 is 1.79 bits per heavy atom. The second-order valence-electron chi connectivity index (χ2n) is 17.1. The van der Waals surface area contributed by atoms with Crippen LogP contribution < -0.4 is 20.1 Å². The van der Waals surface area contributed by atoms with E-state index in [0.717, 1.165) is 49.4 Å². The Hall–Kier alpha value is -2.12. The number of hydrogen-bond donors (Lipinski definition) is 2. The molecule has 6 nitrogen and oxygen atoms in total.